The van der Waals surface area contributed by atoms with Crippen LogP contribution in [0.15, 0.2) is 76.1 Å². The fourth-order valence-corrected chi connectivity index (χ4v) is 6.15. The minimum absolute atomic E-state index is 0.00662. The molecule has 0 saturated carbocycles. The topological polar surface area (TPSA) is 57.7 Å². The summed E-state index contributed by atoms with van der Waals surface area (Å²) >= 11 is 15.5. The van der Waals surface area contributed by atoms with E-state index < -0.39 is 10.0 Å². The zero-order valence-electron chi connectivity index (χ0n) is 17.7. The Morgan fingerprint density at radius 3 is 2.48 bits per heavy atom. The Morgan fingerprint density at radius 2 is 1.79 bits per heavy atom. The van der Waals surface area contributed by atoms with Crippen molar-refractivity contribution in [2.24, 2.45) is 0 Å². The highest BCUT2D eigenvalue weighted by molar-refractivity contribution is 9.10. The Labute approximate surface area is 212 Å². The SMILES string of the molecule is CC1Cc2cc(Br)ccc2N1C(=O)CN(Cc1cccc(Cl)c1)S(=O)(=O)c1ccc(Cl)cc1. The molecule has 1 aliphatic rings. The van der Waals surface area contributed by atoms with Crippen molar-refractivity contribution in [3.05, 3.63) is 92.4 Å². The maximum atomic E-state index is 13.5. The first kappa shape index (κ1) is 24.2. The molecular formula is C24H21BrCl2N2O3S. The fraction of sp³-hybridized carbons (Fsp3) is 0.208. The number of carbonyl (C=O) groups excluding carboxylic acids is 1. The second kappa shape index (κ2) is 9.76. The van der Waals surface area contributed by atoms with Gasteiger partial charge < -0.3 is 4.90 Å². The molecule has 0 spiro atoms. The summed E-state index contributed by atoms with van der Waals surface area (Å²) in [6.45, 7) is 1.66. The second-order valence-electron chi connectivity index (χ2n) is 7.95. The van der Waals surface area contributed by atoms with Crippen LogP contribution >= 0.6 is 39.1 Å². The molecule has 0 N–H and O–H groups in total. The van der Waals surface area contributed by atoms with Gasteiger partial charge in [0.15, 0.2) is 0 Å². The number of carbonyl (C=O) groups is 1. The van der Waals surface area contributed by atoms with E-state index in [2.05, 4.69) is 15.9 Å². The molecule has 4 rings (SSSR count). The summed E-state index contributed by atoms with van der Waals surface area (Å²) in [5.74, 6) is -0.289. The van der Waals surface area contributed by atoms with Crippen LogP contribution in [0.5, 0.6) is 0 Å². The van der Waals surface area contributed by atoms with Crippen LogP contribution in [0.3, 0.4) is 0 Å². The summed E-state index contributed by atoms with van der Waals surface area (Å²) in [7, 11) is -3.98. The van der Waals surface area contributed by atoms with Gasteiger partial charge in [-0.05, 0) is 79.1 Å². The third kappa shape index (κ3) is 5.28. The molecular weight excluding hydrogens is 547 g/mol. The number of amides is 1. The van der Waals surface area contributed by atoms with E-state index in [1.54, 1.807) is 29.2 Å². The van der Waals surface area contributed by atoms with Crippen LogP contribution in [0.25, 0.3) is 0 Å². The molecule has 1 amide bonds. The number of benzene rings is 3. The van der Waals surface area contributed by atoms with Gasteiger partial charge in [-0.2, -0.15) is 4.31 Å². The van der Waals surface area contributed by atoms with Crippen LogP contribution in [0.2, 0.25) is 10.0 Å². The molecule has 5 nitrogen and oxygen atoms in total. The predicted octanol–water partition coefficient (Wildman–Crippen LogP) is 5.92. The highest BCUT2D eigenvalue weighted by atomic mass is 79.9. The van der Waals surface area contributed by atoms with Crippen molar-refractivity contribution in [2.75, 3.05) is 11.4 Å². The first-order valence-electron chi connectivity index (χ1n) is 10.3. The fourth-order valence-electron chi connectivity index (χ4n) is 4.03. The summed E-state index contributed by atoms with van der Waals surface area (Å²) in [6, 6.07) is 18.6. The largest absolute Gasteiger partial charge is 0.308 e. The lowest BCUT2D eigenvalue weighted by Crippen LogP contribution is -2.44. The molecule has 1 heterocycles. The van der Waals surface area contributed by atoms with Gasteiger partial charge in [0.25, 0.3) is 0 Å². The average molecular weight is 568 g/mol. The number of anilines is 1. The molecule has 172 valence electrons. The summed E-state index contributed by atoms with van der Waals surface area (Å²) in [4.78, 5) is 15.2. The number of fused-ring (bicyclic) bond motifs is 1. The number of sulfonamides is 1. The van der Waals surface area contributed by atoms with Gasteiger partial charge in [-0.1, -0.05) is 51.3 Å². The number of hydrogen-bond acceptors (Lipinski definition) is 3. The third-order valence-corrected chi connectivity index (χ3v) is 8.32. The number of rotatable bonds is 6. The van der Waals surface area contributed by atoms with Crippen LogP contribution in [0, 0.1) is 0 Å². The first-order valence-corrected chi connectivity index (χ1v) is 13.2. The van der Waals surface area contributed by atoms with E-state index in [-0.39, 0.29) is 29.9 Å². The maximum Gasteiger partial charge on any atom is 0.243 e. The van der Waals surface area contributed by atoms with E-state index in [1.165, 1.54) is 28.6 Å². The molecule has 0 aromatic heterocycles. The normalized spacial score (nSPS) is 15.7. The first-order chi connectivity index (χ1) is 15.6. The van der Waals surface area contributed by atoms with Crippen molar-refractivity contribution in [1.82, 2.24) is 4.31 Å². The third-order valence-electron chi connectivity index (χ3n) is 5.54. The van der Waals surface area contributed by atoms with Gasteiger partial charge in [0.05, 0.1) is 11.4 Å². The lowest BCUT2D eigenvalue weighted by Gasteiger charge is -2.27. The zero-order valence-corrected chi connectivity index (χ0v) is 21.6. The molecule has 9 heteroatoms. The van der Waals surface area contributed by atoms with Crippen molar-refractivity contribution in [2.45, 2.75) is 30.8 Å². The molecule has 3 aromatic rings. The molecule has 0 fully saturated rings. The highest BCUT2D eigenvalue weighted by Gasteiger charge is 2.34. The van der Waals surface area contributed by atoms with Gasteiger partial charge in [0, 0.05) is 32.8 Å². The minimum Gasteiger partial charge on any atom is -0.308 e. The number of nitrogens with zero attached hydrogens (tertiary/aromatic N) is 2. The Bertz CT molecular complexity index is 1300. The summed E-state index contributed by atoms with van der Waals surface area (Å²) in [5.41, 5.74) is 2.54. The molecule has 0 aliphatic carbocycles. The lowest BCUT2D eigenvalue weighted by atomic mass is 10.1. The highest BCUT2D eigenvalue weighted by Crippen LogP contribution is 2.34. The molecule has 1 atom stereocenters. The van der Waals surface area contributed by atoms with E-state index in [9.17, 15) is 13.2 Å². The Balaban J connectivity index is 1.68. The van der Waals surface area contributed by atoms with Crippen molar-refractivity contribution >= 4 is 60.7 Å². The van der Waals surface area contributed by atoms with Gasteiger partial charge in [0.1, 0.15) is 0 Å². The number of halogens is 3. The Morgan fingerprint density at radius 1 is 1.06 bits per heavy atom. The molecule has 0 radical (unpaired) electrons. The quantitative estimate of drug-likeness (QED) is 0.371. The van der Waals surface area contributed by atoms with Gasteiger partial charge in [-0.3, -0.25) is 4.79 Å². The van der Waals surface area contributed by atoms with Crippen LogP contribution in [-0.2, 0) is 27.8 Å². The van der Waals surface area contributed by atoms with Crippen LogP contribution in [0.4, 0.5) is 5.69 Å². The summed E-state index contributed by atoms with van der Waals surface area (Å²) in [6.07, 6.45) is 0.707. The van der Waals surface area contributed by atoms with E-state index in [1.807, 2.05) is 25.1 Å². The number of hydrogen-bond donors (Lipinski definition) is 0. The predicted molar refractivity (Wildman–Crippen MR) is 135 cm³/mol. The smallest absolute Gasteiger partial charge is 0.243 e. The van der Waals surface area contributed by atoms with Crippen LogP contribution in [-0.4, -0.2) is 31.2 Å². The molecule has 1 unspecified atom stereocenters. The van der Waals surface area contributed by atoms with Gasteiger partial charge >= 0.3 is 0 Å². The Kier molecular flexibility index (Phi) is 7.17. The standard InChI is InChI=1S/C24H21BrCl2N2O3S/c1-16-11-18-13-19(25)5-10-23(18)29(16)24(30)15-28(14-17-3-2-4-21(27)12-17)33(31,32)22-8-6-20(26)7-9-22/h2-10,12-13,16H,11,14-15H2,1H3. The van der Waals surface area contributed by atoms with E-state index in [0.29, 0.717) is 22.0 Å². The van der Waals surface area contributed by atoms with E-state index in [0.717, 1.165) is 15.7 Å². The molecule has 0 bridgehead atoms. The molecule has 0 saturated heterocycles. The zero-order chi connectivity index (χ0) is 23.8. The minimum atomic E-state index is -3.98. The van der Waals surface area contributed by atoms with Crippen molar-refractivity contribution < 1.29 is 13.2 Å². The maximum absolute atomic E-state index is 13.5. The second-order valence-corrected chi connectivity index (χ2v) is 11.7. The van der Waals surface area contributed by atoms with Crippen LogP contribution in [0.1, 0.15) is 18.1 Å². The Hall–Kier alpha value is -1.90. The van der Waals surface area contributed by atoms with Gasteiger partial charge in [0.2, 0.25) is 15.9 Å². The summed E-state index contributed by atoms with van der Waals surface area (Å²) in [5, 5.41) is 0.926. The lowest BCUT2D eigenvalue weighted by molar-refractivity contribution is -0.119. The average Bonchev–Trinajstić information content (AvgIpc) is 3.08. The summed E-state index contributed by atoms with van der Waals surface area (Å²) < 4.78 is 29.2. The van der Waals surface area contributed by atoms with Gasteiger partial charge in [-0.15, -0.1) is 0 Å². The van der Waals surface area contributed by atoms with E-state index >= 15 is 0 Å². The molecule has 33 heavy (non-hydrogen) atoms. The van der Waals surface area contributed by atoms with Crippen molar-refractivity contribution in [3.8, 4) is 0 Å². The monoisotopic (exact) mass is 566 g/mol. The molecule has 3 aromatic carbocycles. The van der Waals surface area contributed by atoms with Crippen LogP contribution < -0.4 is 4.90 Å². The van der Waals surface area contributed by atoms with E-state index in [4.69, 9.17) is 23.2 Å². The molecule has 1 aliphatic heterocycles. The van der Waals surface area contributed by atoms with Gasteiger partial charge in [-0.25, -0.2) is 8.42 Å². The van der Waals surface area contributed by atoms with Crippen molar-refractivity contribution in [1.29, 1.82) is 0 Å². The van der Waals surface area contributed by atoms with Crippen molar-refractivity contribution in [3.63, 3.8) is 0 Å².